The molecule has 2 aliphatic rings. The van der Waals surface area contributed by atoms with Gasteiger partial charge in [0.1, 0.15) is 0 Å². The summed E-state index contributed by atoms with van der Waals surface area (Å²) in [6.45, 7) is 5.84. The number of likely N-dealkylation sites (tertiary alicyclic amines) is 1. The molecule has 1 aromatic carbocycles. The van der Waals surface area contributed by atoms with E-state index in [0.29, 0.717) is 13.2 Å². The van der Waals surface area contributed by atoms with E-state index in [1.54, 1.807) is 0 Å². The normalized spacial score (nSPS) is 20.9. The third-order valence-electron chi connectivity index (χ3n) is 6.20. The highest BCUT2D eigenvalue weighted by Gasteiger charge is 2.24. The minimum Gasteiger partial charge on any atom is -0.376 e. The Labute approximate surface area is 172 Å². The number of rotatable bonds is 6. The number of hydrogen-bond donors (Lipinski definition) is 2. The summed E-state index contributed by atoms with van der Waals surface area (Å²) >= 11 is 0. The van der Waals surface area contributed by atoms with Crippen molar-refractivity contribution in [2.75, 3.05) is 32.8 Å². The van der Waals surface area contributed by atoms with Gasteiger partial charge < -0.3 is 24.7 Å². The first-order valence-corrected chi connectivity index (χ1v) is 11.0. The van der Waals surface area contributed by atoms with Gasteiger partial charge in [-0.2, -0.15) is 0 Å². The van der Waals surface area contributed by atoms with Gasteiger partial charge in [-0.05, 0) is 56.6 Å². The largest absolute Gasteiger partial charge is 0.376 e. The van der Waals surface area contributed by atoms with E-state index in [2.05, 4.69) is 41.6 Å². The molecule has 2 amide bonds. The number of benzene rings is 1. The first-order chi connectivity index (χ1) is 14.2. The van der Waals surface area contributed by atoms with E-state index in [-0.39, 0.29) is 18.2 Å². The van der Waals surface area contributed by atoms with E-state index < -0.39 is 0 Å². The predicted molar refractivity (Wildman–Crippen MR) is 114 cm³/mol. The molecule has 2 N–H and O–H groups in total. The first kappa shape index (κ1) is 20.2. The average molecular weight is 400 g/mol. The Kier molecular flexibility index (Phi) is 6.72. The highest BCUT2D eigenvalue weighted by atomic mass is 16.5. The lowest BCUT2D eigenvalue weighted by molar-refractivity contribution is -0.0728. The molecule has 0 aliphatic carbocycles. The zero-order chi connectivity index (χ0) is 20.1. The minimum atomic E-state index is 0.0371. The fourth-order valence-electron chi connectivity index (χ4n) is 4.39. The van der Waals surface area contributed by atoms with Crippen molar-refractivity contribution in [3.63, 3.8) is 0 Å². The van der Waals surface area contributed by atoms with Crippen LogP contribution in [0.2, 0.25) is 0 Å². The molecule has 2 aliphatic heterocycles. The standard InChI is InChI=1S/C23H33N3O3/c1-17-5-4-7-21-18(15-25-22(17)21)8-11-24-23(27)26-12-9-19(10-13-26)29-16-20-6-2-3-14-28-20/h4-5,7,15,19-20,25H,2-3,6,8-14,16H2,1H3,(H,24,27). The summed E-state index contributed by atoms with van der Waals surface area (Å²) in [6, 6.07) is 6.37. The summed E-state index contributed by atoms with van der Waals surface area (Å²) in [5.41, 5.74) is 3.69. The molecule has 6 heteroatoms. The van der Waals surface area contributed by atoms with Crippen molar-refractivity contribution in [2.45, 2.75) is 57.7 Å². The summed E-state index contributed by atoms with van der Waals surface area (Å²) < 4.78 is 11.8. The van der Waals surface area contributed by atoms with Crippen LogP contribution in [0, 0.1) is 6.92 Å². The molecule has 158 valence electrons. The van der Waals surface area contributed by atoms with Gasteiger partial charge >= 0.3 is 6.03 Å². The highest BCUT2D eigenvalue weighted by molar-refractivity contribution is 5.86. The van der Waals surface area contributed by atoms with Crippen LogP contribution in [0.15, 0.2) is 24.4 Å². The number of nitrogens with one attached hydrogen (secondary N) is 2. The maximum atomic E-state index is 12.5. The number of nitrogens with zero attached hydrogens (tertiary/aromatic N) is 1. The van der Waals surface area contributed by atoms with Crippen molar-refractivity contribution in [1.29, 1.82) is 0 Å². The Balaban J connectivity index is 1.16. The quantitative estimate of drug-likeness (QED) is 0.777. The molecule has 2 aromatic rings. The van der Waals surface area contributed by atoms with Gasteiger partial charge in [0.15, 0.2) is 0 Å². The van der Waals surface area contributed by atoms with Gasteiger partial charge in [-0.25, -0.2) is 4.79 Å². The second-order valence-electron chi connectivity index (χ2n) is 8.30. The maximum Gasteiger partial charge on any atom is 0.317 e. The lowest BCUT2D eigenvalue weighted by atomic mass is 10.1. The summed E-state index contributed by atoms with van der Waals surface area (Å²) in [6.07, 6.45) is 8.73. The number of piperidine rings is 1. The molecule has 2 fully saturated rings. The molecule has 1 aromatic heterocycles. The Morgan fingerprint density at radius 3 is 2.93 bits per heavy atom. The molecule has 29 heavy (non-hydrogen) atoms. The van der Waals surface area contributed by atoms with Gasteiger partial charge in [0.2, 0.25) is 0 Å². The topological polar surface area (TPSA) is 66.6 Å². The molecule has 0 spiro atoms. The van der Waals surface area contributed by atoms with Crippen molar-refractivity contribution in [2.24, 2.45) is 0 Å². The Bertz CT molecular complexity index is 805. The molecule has 0 saturated carbocycles. The molecule has 0 radical (unpaired) electrons. The molecule has 4 rings (SSSR count). The second-order valence-corrected chi connectivity index (χ2v) is 8.30. The second kappa shape index (κ2) is 9.63. The van der Waals surface area contributed by atoms with Gasteiger partial charge in [0, 0.05) is 43.3 Å². The zero-order valence-corrected chi connectivity index (χ0v) is 17.4. The van der Waals surface area contributed by atoms with E-state index >= 15 is 0 Å². The minimum absolute atomic E-state index is 0.0371. The number of aromatic amines is 1. The van der Waals surface area contributed by atoms with Crippen LogP contribution < -0.4 is 5.32 Å². The van der Waals surface area contributed by atoms with E-state index in [9.17, 15) is 4.79 Å². The number of fused-ring (bicyclic) bond motifs is 1. The van der Waals surface area contributed by atoms with Crippen LogP contribution >= 0.6 is 0 Å². The Hall–Kier alpha value is -2.05. The van der Waals surface area contributed by atoms with Crippen molar-refractivity contribution < 1.29 is 14.3 Å². The van der Waals surface area contributed by atoms with Gasteiger partial charge in [-0.1, -0.05) is 18.2 Å². The molecular weight excluding hydrogens is 366 g/mol. The van der Waals surface area contributed by atoms with Crippen LogP contribution in [0.25, 0.3) is 10.9 Å². The van der Waals surface area contributed by atoms with Crippen LogP contribution in [0.5, 0.6) is 0 Å². The predicted octanol–water partition coefficient (Wildman–Crippen LogP) is 3.78. The molecule has 1 unspecified atom stereocenters. The van der Waals surface area contributed by atoms with Crippen LogP contribution in [-0.2, 0) is 15.9 Å². The molecule has 0 bridgehead atoms. The third-order valence-corrected chi connectivity index (χ3v) is 6.20. The van der Waals surface area contributed by atoms with Crippen LogP contribution in [-0.4, -0.2) is 61.0 Å². The van der Waals surface area contributed by atoms with E-state index in [0.717, 1.165) is 45.4 Å². The summed E-state index contributed by atoms with van der Waals surface area (Å²) in [5, 5.41) is 4.33. The smallest absolute Gasteiger partial charge is 0.317 e. The number of amides is 2. The van der Waals surface area contributed by atoms with Gasteiger partial charge in [0.25, 0.3) is 0 Å². The van der Waals surface area contributed by atoms with Crippen LogP contribution in [0.1, 0.15) is 43.2 Å². The highest BCUT2D eigenvalue weighted by Crippen LogP contribution is 2.21. The number of carbonyl (C=O) groups is 1. The molecule has 6 nitrogen and oxygen atoms in total. The number of aryl methyl sites for hydroxylation is 1. The summed E-state index contributed by atoms with van der Waals surface area (Å²) in [7, 11) is 0. The molecule has 2 saturated heterocycles. The Morgan fingerprint density at radius 1 is 1.28 bits per heavy atom. The maximum absolute atomic E-state index is 12.5. The number of hydrogen-bond acceptors (Lipinski definition) is 3. The van der Waals surface area contributed by atoms with Crippen LogP contribution in [0.4, 0.5) is 4.79 Å². The lowest BCUT2D eigenvalue weighted by Gasteiger charge is -2.33. The summed E-state index contributed by atoms with van der Waals surface area (Å²) in [4.78, 5) is 17.8. The van der Waals surface area contributed by atoms with Gasteiger partial charge in [-0.15, -0.1) is 0 Å². The molecule has 3 heterocycles. The molecule has 1 atom stereocenters. The summed E-state index contributed by atoms with van der Waals surface area (Å²) in [5.74, 6) is 0. The zero-order valence-electron chi connectivity index (χ0n) is 17.4. The van der Waals surface area contributed by atoms with Gasteiger partial charge in [0.05, 0.1) is 18.8 Å². The monoisotopic (exact) mass is 399 g/mol. The average Bonchev–Trinajstić information content (AvgIpc) is 3.18. The third kappa shape index (κ3) is 5.11. The van der Waals surface area contributed by atoms with E-state index in [4.69, 9.17) is 9.47 Å². The number of urea groups is 1. The van der Waals surface area contributed by atoms with Crippen molar-refractivity contribution >= 4 is 16.9 Å². The number of ether oxygens (including phenoxy) is 2. The first-order valence-electron chi connectivity index (χ1n) is 11.0. The van der Waals surface area contributed by atoms with E-state index in [1.807, 2.05) is 4.90 Å². The van der Waals surface area contributed by atoms with Crippen molar-refractivity contribution in [3.05, 3.63) is 35.5 Å². The van der Waals surface area contributed by atoms with Crippen LogP contribution in [0.3, 0.4) is 0 Å². The number of aromatic nitrogens is 1. The Morgan fingerprint density at radius 2 is 2.14 bits per heavy atom. The number of H-pyrrole nitrogens is 1. The fraction of sp³-hybridized carbons (Fsp3) is 0.609. The number of carbonyl (C=O) groups excluding carboxylic acids is 1. The molecular formula is C23H33N3O3. The van der Waals surface area contributed by atoms with Gasteiger partial charge in [-0.3, -0.25) is 0 Å². The lowest BCUT2D eigenvalue weighted by Crippen LogP contribution is -2.46. The van der Waals surface area contributed by atoms with Crippen molar-refractivity contribution in [3.8, 4) is 0 Å². The fourth-order valence-corrected chi connectivity index (χ4v) is 4.39. The number of para-hydroxylation sites is 1. The SMILES string of the molecule is Cc1cccc2c(CCNC(=O)N3CCC(OCC4CCCCO4)CC3)c[nH]c12. The van der Waals surface area contributed by atoms with Crippen molar-refractivity contribution in [1.82, 2.24) is 15.2 Å². The van der Waals surface area contributed by atoms with E-state index in [1.165, 1.54) is 34.9 Å².